The highest BCUT2D eigenvalue weighted by Gasteiger charge is 2.18. The van der Waals surface area contributed by atoms with Gasteiger partial charge in [-0.05, 0) is 64.2 Å². The zero-order valence-electron chi connectivity index (χ0n) is 13.0. The van der Waals surface area contributed by atoms with Crippen LogP contribution < -0.4 is 5.32 Å². The molecular weight excluding hydrogens is 232 g/mol. The van der Waals surface area contributed by atoms with Crippen molar-refractivity contribution >= 4 is 0 Å². The van der Waals surface area contributed by atoms with Gasteiger partial charge in [-0.15, -0.1) is 0 Å². The van der Waals surface area contributed by atoms with Crippen molar-refractivity contribution in [2.75, 3.05) is 26.2 Å². The molecule has 0 aromatic rings. The number of nitrogens with zero attached hydrogens (tertiary/aromatic N) is 1. The van der Waals surface area contributed by atoms with Gasteiger partial charge in [0.15, 0.2) is 0 Å². The van der Waals surface area contributed by atoms with Crippen LogP contribution in [0.3, 0.4) is 0 Å². The Bertz CT molecular complexity index is 215. The molecule has 0 unspecified atom stereocenters. The fourth-order valence-corrected chi connectivity index (χ4v) is 3.82. The summed E-state index contributed by atoms with van der Waals surface area (Å²) in [6, 6.07) is 0.837. The lowest BCUT2D eigenvalue weighted by molar-refractivity contribution is 0.176. The molecule has 1 N–H and O–H groups in total. The molecule has 0 spiro atoms. The van der Waals surface area contributed by atoms with Crippen molar-refractivity contribution in [3.8, 4) is 0 Å². The molecule has 0 aromatic heterocycles. The maximum Gasteiger partial charge on any atom is 0.00670 e. The first-order valence-electron chi connectivity index (χ1n) is 8.84. The summed E-state index contributed by atoms with van der Waals surface area (Å²) in [4.78, 5) is 2.69. The van der Waals surface area contributed by atoms with Crippen molar-refractivity contribution < 1.29 is 0 Å². The van der Waals surface area contributed by atoms with Gasteiger partial charge in [0.05, 0.1) is 0 Å². The number of hydrogen-bond acceptors (Lipinski definition) is 2. The SMILES string of the molecule is CCCC1CCN(CCCNC2CCCCC2)CC1. The Hall–Kier alpha value is -0.0800. The van der Waals surface area contributed by atoms with Crippen LogP contribution in [0.2, 0.25) is 0 Å². The number of hydrogen-bond donors (Lipinski definition) is 1. The minimum atomic E-state index is 0.837. The predicted octanol–water partition coefficient (Wildman–Crippen LogP) is 3.81. The summed E-state index contributed by atoms with van der Waals surface area (Å²) in [5.74, 6) is 1.03. The van der Waals surface area contributed by atoms with E-state index in [1.165, 1.54) is 90.4 Å². The van der Waals surface area contributed by atoms with Crippen molar-refractivity contribution in [1.82, 2.24) is 10.2 Å². The van der Waals surface area contributed by atoms with Crippen LogP contribution in [0.4, 0.5) is 0 Å². The molecular formula is C17H34N2. The Morgan fingerprint density at radius 1 is 1.00 bits per heavy atom. The van der Waals surface area contributed by atoms with Crippen molar-refractivity contribution in [3.63, 3.8) is 0 Å². The molecule has 1 saturated carbocycles. The van der Waals surface area contributed by atoms with Gasteiger partial charge in [-0.2, -0.15) is 0 Å². The van der Waals surface area contributed by atoms with E-state index in [0.717, 1.165) is 12.0 Å². The van der Waals surface area contributed by atoms with Crippen molar-refractivity contribution in [1.29, 1.82) is 0 Å². The third-order valence-corrected chi connectivity index (χ3v) is 5.09. The number of likely N-dealkylation sites (tertiary alicyclic amines) is 1. The fourth-order valence-electron chi connectivity index (χ4n) is 3.82. The van der Waals surface area contributed by atoms with Gasteiger partial charge in [-0.25, -0.2) is 0 Å². The summed E-state index contributed by atoms with van der Waals surface area (Å²) in [5.41, 5.74) is 0. The zero-order valence-corrected chi connectivity index (χ0v) is 13.0. The van der Waals surface area contributed by atoms with E-state index < -0.39 is 0 Å². The van der Waals surface area contributed by atoms with E-state index in [4.69, 9.17) is 0 Å². The summed E-state index contributed by atoms with van der Waals surface area (Å²) in [6.45, 7) is 7.59. The highest BCUT2D eigenvalue weighted by Crippen LogP contribution is 2.21. The normalized spacial score (nSPS) is 23.8. The molecule has 0 aromatic carbocycles. The number of piperidine rings is 1. The van der Waals surface area contributed by atoms with E-state index in [-0.39, 0.29) is 0 Å². The Labute approximate surface area is 120 Å². The number of nitrogens with one attached hydrogen (secondary N) is 1. The predicted molar refractivity (Wildman–Crippen MR) is 83.6 cm³/mol. The standard InChI is InChI=1S/C17H34N2/c1-2-7-16-10-14-19(15-11-16)13-6-12-18-17-8-4-3-5-9-17/h16-18H,2-15H2,1H3. The van der Waals surface area contributed by atoms with Crippen LogP contribution in [0.25, 0.3) is 0 Å². The van der Waals surface area contributed by atoms with Crippen LogP contribution in [0.5, 0.6) is 0 Å². The lowest BCUT2D eigenvalue weighted by Gasteiger charge is -2.32. The van der Waals surface area contributed by atoms with E-state index in [2.05, 4.69) is 17.1 Å². The van der Waals surface area contributed by atoms with Crippen LogP contribution in [0.1, 0.15) is 71.1 Å². The second-order valence-corrected chi connectivity index (χ2v) is 6.72. The molecule has 2 heteroatoms. The molecule has 112 valence electrons. The van der Waals surface area contributed by atoms with Crippen LogP contribution in [0, 0.1) is 5.92 Å². The molecule has 0 bridgehead atoms. The van der Waals surface area contributed by atoms with Gasteiger partial charge in [0.2, 0.25) is 0 Å². The van der Waals surface area contributed by atoms with Gasteiger partial charge in [0, 0.05) is 6.04 Å². The van der Waals surface area contributed by atoms with E-state index in [9.17, 15) is 0 Å². The highest BCUT2D eigenvalue weighted by molar-refractivity contribution is 4.74. The molecule has 1 aliphatic carbocycles. The highest BCUT2D eigenvalue weighted by atomic mass is 15.1. The molecule has 0 atom stereocenters. The van der Waals surface area contributed by atoms with Crippen LogP contribution in [-0.4, -0.2) is 37.1 Å². The minimum absolute atomic E-state index is 0.837. The second kappa shape index (κ2) is 8.97. The lowest BCUT2D eigenvalue weighted by atomic mass is 9.92. The van der Waals surface area contributed by atoms with E-state index in [1.807, 2.05) is 0 Å². The quantitative estimate of drug-likeness (QED) is 0.705. The molecule has 1 aliphatic heterocycles. The first-order valence-corrected chi connectivity index (χ1v) is 8.84. The summed E-state index contributed by atoms with van der Waals surface area (Å²) < 4.78 is 0. The van der Waals surface area contributed by atoms with Gasteiger partial charge in [-0.1, -0.05) is 39.0 Å². The Balaban J connectivity index is 1.47. The molecule has 1 heterocycles. The van der Waals surface area contributed by atoms with Crippen LogP contribution in [-0.2, 0) is 0 Å². The topological polar surface area (TPSA) is 15.3 Å². The first-order chi connectivity index (χ1) is 9.38. The number of rotatable bonds is 7. The monoisotopic (exact) mass is 266 g/mol. The van der Waals surface area contributed by atoms with Crippen molar-refractivity contribution in [3.05, 3.63) is 0 Å². The molecule has 0 amide bonds. The maximum atomic E-state index is 3.76. The molecule has 2 fully saturated rings. The smallest absolute Gasteiger partial charge is 0.00670 e. The van der Waals surface area contributed by atoms with Crippen molar-refractivity contribution in [2.45, 2.75) is 77.2 Å². The Kier molecular flexibility index (Phi) is 7.23. The fraction of sp³-hybridized carbons (Fsp3) is 1.00. The van der Waals surface area contributed by atoms with Gasteiger partial charge in [0.25, 0.3) is 0 Å². The largest absolute Gasteiger partial charge is 0.314 e. The summed E-state index contributed by atoms with van der Waals surface area (Å²) in [7, 11) is 0. The minimum Gasteiger partial charge on any atom is -0.314 e. The first kappa shape index (κ1) is 15.3. The summed E-state index contributed by atoms with van der Waals surface area (Å²) >= 11 is 0. The van der Waals surface area contributed by atoms with E-state index in [0.29, 0.717) is 0 Å². The third kappa shape index (κ3) is 5.83. The molecule has 19 heavy (non-hydrogen) atoms. The molecule has 0 radical (unpaired) electrons. The zero-order chi connectivity index (χ0) is 13.3. The van der Waals surface area contributed by atoms with Crippen LogP contribution in [0.15, 0.2) is 0 Å². The van der Waals surface area contributed by atoms with E-state index >= 15 is 0 Å². The van der Waals surface area contributed by atoms with Crippen molar-refractivity contribution in [2.24, 2.45) is 5.92 Å². The Morgan fingerprint density at radius 2 is 1.74 bits per heavy atom. The van der Waals surface area contributed by atoms with Gasteiger partial charge >= 0.3 is 0 Å². The molecule has 2 rings (SSSR count). The van der Waals surface area contributed by atoms with Gasteiger partial charge in [-0.3, -0.25) is 0 Å². The summed E-state index contributed by atoms with van der Waals surface area (Å²) in [6.07, 6.45) is 14.3. The molecule has 2 aliphatic rings. The van der Waals surface area contributed by atoms with Gasteiger partial charge in [0.1, 0.15) is 0 Å². The van der Waals surface area contributed by atoms with Crippen LogP contribution >= 0.6 is 0 Å². The van der Waals surface area contributed by atoms with E-state index in [1.54, 1.807) is 0 Å². The molecule has 2 nitrogen and oxygen atoms in total. The van der Waals surface area contributed by atoms with Gasteiger partial charge < -0.3 is 10.2 Å². The lowest BCUT2D eigenvalue weighted by Crippen LogP contribution is -2.37. The third-order valence-electron chi connectivity index (χ3n) is 5.09. The average Bonchev–Trinajstić information content (AvgIpc) is 2.47. The second-order valence-electron chi connectivity index (χ2n) is 6.72. The summed E-state index contributed by atoms with van der Waals surface area (Å²) in [5, 5.41) is 3.76. The maximum absolute atomic E-state index is 3.76. The Morgan fingerprint density at radius 3 is 2.42 bits per heavy atom. The average molecular weight is 266 g/mol. The molecule has 1 saturated heterocycles.